The molecule has 0 aromatic rings. The lowest BCUT2D eigenvalue weighted by atomic mass is 10.2. The van der Waals surface area contributed by atoms with Gasteiger partial charge in [0.25, 0.3) is 0 Å². The fourth-order valence-electron chi connectivity index (χ4n) is 4.28. The van der Waals surface area contributed by atoms with Gasteiger partial charge in [-0.1, -0.05) is 12.8 Å². The molecule has 2 amide bonds. The Kier molecular flexibility index (Phi) is 6.70. The standard InChI is InChI=1S/C19H34N4O2/c1-17(19(25)23-10-6-7-11-23)21-14-12-20(13-15-21)16-18(24)22-8-4-2-3-5-9-22/h17H,2-16H2,1H3. The molecule has 6 nitrogen and oxygen atoms in total. The summed E-state index contributed by atoms with van der Waals surface area (Å²) in [6, 6.07) is -0.0263. The van der Waals surface area contributed by atoms with Crippen molar-refractivity contribution in [2.24, 2.45) is 0 Å². The summed E-state index contributed by atoms with van der Waals surface area (Å²) in [4.78, 5) is 33.7. The highest BCUT2D eigenvalue weighted by atomic mass is 16.2. The highest BCUT2D eigenvalue weighted by Crippen LogP contribution is 2.15. The van der Waals surface area contributed by atoms with Crippen LogP contribution in [0.3, 0.4) is 0 Å². The number of amides is 2. The first-order valence-corrected chi connectivity index (χ1v) is 10.2. The third kappa shape index (κ3) is 4.94. The van der Waals surface area contributed by atoms with Crippen molar-refractivity contribution in [1.29, 1.82) is 0 Å². The molecule has 3 rings (SSSR count). The molecule has 6 heteroatoms. The Hall–Kier alpha value is -1.14. The van der Waals surface area contributed by atoms with Crippen LogP contribution in [0, 0.1) is 0 Å². The van der Waals surface area contributed by atoms with Crippen molar-refractivity contribution in [2.45, 2.75) is 51.5 Å². The molecule has 3 saturated heterocycles. The van der Waals surface area contributed by atoms with E-state index < -0.39 is 0 Å². The second-order valence-corrected chi connectivity index (χ2v) is 7.82. The Balaban J connectivity index is 1.41. The van der Waals surface area contributed by atoms with Gasteiger partial charge < -0.3 is 9.80 Å². The Morgan fingerprint density at radius 1 is 0.720 bits per heavy atom. The van der Waals surface area contributed by atoms with Crippen molar-refractivity contribution in [1.82, 2.24) is 19.6 Å². The van der Waals surface area contributed by atoms with E-state index in [9.17, 15) is 9.59 Å². The molecule has 142 valence electrons. The molecule has 0 aliphatic carbocycles. The molecule has 0 bridgehead atoms. The minimum Gasteiger partial charge on any atom is -0.342 e. The van der Waals surface area contributed by atoms with Crippen molar-refractivity contribution in [3.05, 3.63) is 0 Å². The zero-order chi connectivity index (χ0) is 17.6. The zero-order valence-corrected chi connectivity index (χ0v) is 15.8. The average Bonchev–Trinajstić information content (AvgIpc) is 3.03. The van der Waals surface area contributed by atoms with Crippen LogP contribution in [-0.2, 0) is 9.59 Å². The molecule has 1 unspecified atom stereocenters. The van der Waals surface area contributed by atoms with Gasteiger partial charge in [-0.25, -0.2) is 0 Å². The molecule has 3 aliphatic rings. The monoisotopic (exact) mass is 350 g/mol. The Bertz CT molecular complexity index is 448. The summed E-state index contributed by atoms with van der Waals surface area (Å²) in [7, 11) is 0. The summed E-state index contributed by atoms with van der Waals surface area (Å²) in [6.07, 6.45) is 7.10. The first-order valence-electron chi connectivity index (χ1n) is 10.2. The summed E-state index contributed by atoms with van der Waals surface area (Å²) in [6.45, 7) is 9.83. The van der Waals surface area contributed by atoms with Crippen LogP contribution < -0.4 is 0 Å². The maximum absolute atomic E-state index is 12.6. The molecule has 25 heavy (non-hydrogen) atoms. The van der Waals surface area contributed by atoms with Gasteiger partial charge in [-0.3, -0.25) is 19.4 Å². The number of carbonyl (C=O) groups excluding carboxylic acids is 2. The van der Waals surface area contributed by atoms with E-state index in [0.717, 1.165) is 78.0 Å². The van der Waals surface area contributed by atoms with Crippen molar-refractivity contribution in [2.75, 3.05) is 58.9 Å². The predicted molar refractivity (Wildman–Crippen MR) is 98.3 cm³/mol. The molecule has 0 saturated carbocycles. The number of piperazine rings is 1. The molecule has 3 heterocycles. The minimum atomic E-state index is -0.0263. The van der Waals surface area contributed by atoms with E-state index in [4.69, 9.17) is 0 Å². The van der Waals surface area contributed by atoms with Crippen molar-refractivity contribution < 1.29 is 9.59 Å². The van der Waals surface area contributed by atoms with E-state index in [1.165, 1.54) is 12.8 Å². The van der Waals surface area contributed by atoms with Crippen LogP contribution in [0.1, 0.15) is 45.4 Å². The molecule has 0 spiro atoms. The fraction of sp³-hybridized carbons (Fsp3) is 0.895. The molecule has 1 atom stereocenters. The molecule has 3 fully saturated rings. The van der Waals surface area contributed by atoms with E-state index >= 15 is 0 Å². The zero-order valence-electron chi connectivity index (χ0n) is 15.8. The van der Waals surface area contributed by atoms with Crippen LogP contribution in [0.2, 0.25) is 0 Å². The molecule has 3 aliphatic heterocycles. The maximum Gasteiger partial charge on any atom is 0.239 e. The number of nitrogens with zero attached hydrogens (tertiary/aromatic N) is 4. The molecule has 0 N–H and O–H groups in total. The lowest BCUT2D eigenvalue weighted by Gasteiger charge is -2.38. The fourth-order valence-corrected chi connectivity index (χ4v) is 4.28. The summed E-state index contributed by atoms with van der Waals surface area (Å²) < 4.78 is 0. The van der Waals surface area contributed by atoms with Crippen molar-refractivity contribution in [3.8, 4) is 0 Å². The third-order valence-corrected chi connectivity index (χ3v) is 6.05. The number of hydrogen-bond acceptors (Lipinski definition) is 4. The first kappa shape index (κ1) is 18.6. The largest absolute Gasteiger partial charge is 0.342 e. The second kappa shape index (κ2) is 8.99. The van der Waals surface area contributed by atoms with Gasteiger partial charge in [-0.15, -0.1) is 0 Å². The van der Waals surface area contributed by atoms with E-state index in [2.05, 4.69) is 14.7 Å². The van der Waals surface area contributed by atoms with Gasteiger partial charge in [0.15, 0.2) is 0 Å². The SMILES string of the molecule is CC(C(=O)N1CCCC1)N1CCN(CC(=O)N2CCCCCC2)CC1. The first-order chi connectivity index (χ1) is 12.1. The van der Waals surface area contributed by atoms with Gasteiger partial charge in [0, 0.05) is 52.4 Å². The van der Waals surface area contributed by atoms with Gasteiger partial charge in [-0.2, -0.15) is 0 Å². The van der Waals surface area contributed by atoms with Gasteiger partial charge >= 0.3 is 0 Å². The second-order valence-electron chi connectivity index (χ2n) is 7.82. The summed E-state index contributed by atoms with van der Waals surface area (Å²) >= 11 is 0. The van der Waals surface area contributed by atoms with E-state index in [0.29, 0.717) is 6.54 Å². The summed E-state index contributed by atoms with van der Waals surface area (Å²) in [5.41, 5.74) is 0. The molecule has 0 aromatic heterocycles. The molecule has 0 radical (unpaired) electrons. The van der Waals surface area contributed by atoms with E-state index in [1.54, 1.807) is 0 Å². The van der Waals surface area contributed by atoms with Crippen LogP contribution >= 0.6 is 0 Å². The highest BCUT2D eigenvalue weighted by molar-refractivity contribution is 5.81. The van der Waals surface area contributed by atoms with Crippen molar-refractivity contribution >= 4 is 11.8 Å². The van der Waals surface area contributed by atoms with E-state index in [-0.39, 0.29) is 17.9 Å². The van der Waals surface area contributed by atoms with Gasteiger partial charge in [0.05, 0.1) is 12.6 Å². The number of likely N-dealkylation sites (tertiary alicyclic amines) is 2. The van der Waals surface area contributed by atoms with Gasteiger partial charge in [0.1, 0.15) is 0 Å². The Morgan fingerprint density at radius 2 is 1.24 bits per heavy atom. The maximum atomic E-state index is 12.6. The number of hydrogen-bond donors (Lipinski definition) is 0. The van der Waals surface area contributed by atoms with Gasteiger partial charge in [-0.05, 0) is 32.6 Å². The summed E-state index contributed by atoms with van der Waals surface area (Å²) in [5, 5.41) is 0. The summed E-state index contributed by atoms with van der Waals surface area (Å²) in [5.74, 6) is 0.572. The lowest BCUT2D eigenvalue weighted by molar-refractivity contribution is -0.137. The minimum absolute atomic E-state index is 0.0263. The normalized spacial score (nSPS) is 25.0. The highest BCUT2D eigenvalue weighted by Gasteiger charge is 2.30. The quantitative estimate of drug-likeness (QED) is 0.759. The molecular formula is C19H34N4O2. The van der Waals surface area contributed by atoms with Crippen LogP contribution in [0.5, 0.6) is 0 Å². The van der Waals surface area contributed by atoms with Crippen LogP contribution in [0.15, 0.2) is 0 Å². The van der Waals surface area contributed by atoms with Crippen molar-refractivity contribution in [3.63, 3.8) is 0 Å². The molecular weight excluding hydrogens is 316 g/mol. The average molecular weight is 351 g/mol. The topological polar surface area (TPSA) is 47.1 Å². The third-order valence-electron chi connectivity index (χ3n) is 6.05. The molecule has 0 aromatic carbocycles. The van der Waals surface area contributed by atoms with Gasteiger partial charge in [0.2, 0.25) is 11.8 Å². The van der Waals surface area contributed by atoms with Crippen LogP contribution in [0.25, 0.3) is 0 Å². The smallest absolute Gasteiger partial charge is 0.239 e. The Morgan fingerprint density at radius 3 is 1.84 bits per heavy atom. The Labute approximate surface area is 152 Å². The number of carbonyl (C=O) groups is 2. The lowest BCUT2D eigenvalue weighted by Crippen LogP contribution is -2.55. The predicted octanol–water partition coefficient (Wildman–Crippen LogP) is 1.02. The van der Waals surface area contributed by atoms with E-state index in [1.807, 2.05) is 11.8 Å². The van der Waals surface area contributed by atoms with Crippen LogP contribution in [-0.4, -0.2) is 96.4 Å². The number of rotatable bonds is 4. The van der Waals surface area contributed by atoms with Crippen LogP contribution in [0.4, 0.5) is 0 Å².